The number of hydrogen-bond donors (Lipinski definition) is 2. The minimum absolute atomic E-state index is 0.214. The average molecular weight is 383 g/mol. The third-order valence-corrected chi connectivity index (χ3v) is 5.09. The van der Waals surface area contributed by atoms with Crippen LogP contribution in [-0.4, -0.2) is 52.9 Å². The molecule has 0 aliphatic carbocycles. The van der Waals surface area contributed by atoms with E-state index in [2.05, 4.69) is 20.1 Å². The number of hydrogen-bond acceptors (Lipinski definition) is 4. The Morgan fingerprint density at radius 1 is 1.14 bits per heavy atom. The molecule has 0 radical (unpaired) electrons. The summed E-state index contributed by atoms with van der Waals surface area (Å²) in [5.74, 6) is 0.264. The molecule has 1 atom stereocenters. The Kier molecular flexibility index (Phi) is 5.56. The van der Waals surface area contributed by atoms with Gasteiger partial charge in [-0.2, -0.15) is 0 Å². The van der Waals surface area contributed by atoms with Gasteiger partial charge in [0.25, 0.3) is 5.91 Å². The van der Waals surface area contributed by atoms with E-state index in [0.29, 0.717) is 12.2 Å². The zero-order valence-corrected chi connectivity index (χ0v) is 17.2. The molecular weight excluding hydrogens is 354 g/mol. The summed E-state index contributed by atoms with van der Waals surface area (Å²) in [6.45, 7) is 8.10. The largest absolute Gasteiger partial charge is 0.357 e. The fraction of sp³-hybridized carbons (Fsp3) is 0.476. The number of rotatable bonds is 4. The van der Waals surface area contributed by atoms with E-state index in [1.807, 2.05) is 58.2 Å². The first kappa shape index (κ1) is 20.1. The first-order chi connectivity index (χ1) is 13.2. The molecule has 1 aromatic heterocycles. The summed E-state index contributed by atoms with van der Waals surface area (Å²) >= 11 is 0. The molecule has 7 heteroatoms. The Hall–Kier alpha value is -2.67. The number of carbonyl (C=O) groups excluding carboxylic acids is 2. The maximum Gasteiger partial charge on any atom is 0.272 e. The number of imidazole rings is 1. The second-order valence-corrected chi connectivity index (χ2v) is 8.37. The molecule has 1 aliphatic heterocycles. The lowest BCUT2D eigenvalue weighted by Crippen LogP contribution is -2.53. The van der Waals surface area contributed by atoms with Gasteiger partial charge in [0.05, 0.1) is 5.69 Å². The summed E-state index contributed by atoms with van der Waals surface area (Å²) in [7, 11) is 3.61. The van der Waals surface area contributed by atoms with Gasteiger partial charge in [0.15, 0.2) is 5.69 Å². The van der Waals surface area contributed by atoms with E-state index in [-0.39, 0.29) is 11.8 Å². The average Bonchev–Trinajstić information content (AvgIpc) is 3.03. The van der Waals surface area contributed by atoms with Crippen LogP contribution in [0, 0.1) is 5.41 Å². The molecule has 2 aromatic rings. The van der Waals surface area contributed by atoms with Crippen LogP contribution in [0.5, 0.6) is 0 Å². The molecule has 1 aliphatic rings. The number of aromatic nitrogens is 2. The fourth-order valence-electron chi connectivity index (χ4n) is 3.50. The quantitative estimate of drug-likeness (QED) is 0.845. The van der Waals surface area contributed by atoms with E-state index < -0.39 is 11.5 Å². The van der Waals surface area contributed by atoms with Crippen molar-refractivity contribution in [3.8, 4) is 11.4 Å². The van der Waals surface area contributed by atoms with Gasteiger partial charge in [-0.3, -0.25) is 14.5 Å². The van der Waals surface area contributed by atoms with Gasteiger partial charge in [-0.05, 0) is 12.5 Å². The third-order valence-electron chi connectivity index (χ3n) is 5.09. The highest BCUT2D eigenvalue weighted by Crippen LogP contribution is 2.27. The van der Waals surface area contributed by atoms with Crippen LogP contribution in [0.1, 0.15) is 37.0 Å². The molecule has 1 aromatic carbocycles. The van der Waals surface area contributed by atoms with Crippen LogP contribution < -0.4 is 10.6 Å². The van der Waals surface area contributed by atoms with Crippen LogP contribution in [0.3, 0.4) is 0 Å². The van der Waals surface area contributed by atoms with E-state index in [1.165, 1.54) is 0 Å². The Morgan fingerprint density at radius 2 is 1.82 bits per heavy atom. The van der Waals surface area contributed by atoms with E-state index in [0.717, 1.165) is 30.2 Å². The zero-order chi connectivity index (χ0) is 20.5. The predicted octanol–water partition coefficient (Wildman–Crippen LogP) is 1.89. The summed E-state index contributed by atoms with van der Waals surface area (Å²) in [6.07, 6.45) is 0. The monoisotopic (exact) mass is 383 g/mol. The molecule has 0 bridgehead atoms. The van der Waals surface area contributed by atoms with Gasteiger partial charge >= 0.3 is 0 Å². The molecule has 150 valence electrons. The van der Waals surface area contributed by atoms with E-state index in [1.54, 1.807) is 7.05 Å². The lowest BCUT2D eigenvalue weighted by Gasteiger charge is -2.30. The van der Waals surface area contributed by atoms with Gasteiger partial charge in [0, 0.05) is 32.2 Å². The number of benzene rings is 1. The van der Waals surface area contributed by atoms with E-state index in [9.17, 15) is 9.59 Å². The maximum absolute atomic E-state index is 13.2. The second-order valence-electron chi connectivity index (χ2n) is 8.37. The summed E-state index contributed by atoms with van der Waals surface area (Å²) in [6, 6.07) is 9.24. The number of fused-ring (bicyclic) bond motifs is 1. The molecule has 2 heterocycles. The highest BCUT2D eigenvalue weighted by Gasteiger charge is 2.34. The zero-order valence-electron chi connectivity index (χ0n) is 17.2. The SMILES string of the molecule is CNC(=O)[C@H](NC(=O)c1nc(-c2ccccc2)n2c1CN(C)CC2)C(C)(C)C. The molecule has 0 fully saturated rings. The number of nitrogens with zero attached hydrogens (tertiary/aromatic N) is 3. The molecule has 28 heavy (non-hydrogen) atoms. The smallest absolute Gasteiger partial charge is 0.272 e. The molecule has 2 amide bonds. The third kappa shape index (κ3) is 3.94. The van der Waals surface area contributed by atoms with Crippen LogP contribution in [0.15, 0.2) is 30.3 Å². The Labute approximate surface area is 166 Å². The summed E-state index contributed by atoms with van der Waals surface area (Å²) in [5.41, 5.74) is 1.83. The normalized spacial score (nSPS) is 15.6. The minimum Gasteiger partial charge on any atom is -0.357 e. The molecular formula is C21H29N5O2. The maximum atomic E-state index is 13.2. The van der Waals surface area contributed by atoms with Crippen LogP contribution in [0.2, 0.25) is 0 Å². The van der Waals surface area contributed by atoms with Crippen molar-refractivity contribution >= 4 is 11.8 Å². The van der Waals surface area contributed by atoms with Crippen molar-refractivity contribution in [2.75, 3.05) is 20.6 Å². The Balaban J connectivity index is 2.00. The van der Waals surface area contributed by atoms with Crippen molar-refractivity contribution in [1.29, 1.82) is 0 Å². The summed E-state index contributed by atoms with van der Waals surface area (Å²) in [5, 5.41) is 5.55. The van der Waals surface area contributed by atoms with E-state index >= 15 is 0 Å². The van der Waals surface area contributed by atoms with Gasteiger partial charge in [-0.25, -0.2) is 4.98 Å². The van der Waals surface area contributed by atoms with Crippen LogP contribution in [0.25, 0.3) is 11.4 Å². The van der Waals surface area contributed by atoms with Gasteiger partial charge in [0.2, 0.25) is 5.91 Å². The van der Waals surface area contributed by atoms with Gasteiger partial charge < -0.3 is 15.2 Å². The summed E-state index contributed by atoms with van der Waals surface area (Å²) < 4.78 is 2.12. The molecule has 0 unspecified atom stereocenters. The Morgan fingerprint density at radius 3 is 2.43 bits per heavy atom. The van der Waals surface area contributed by atoms with Gasteiger partial charge in [-0.1, -0.05) is 51.1 Å². The first-order valence-electron chi connectivity index (χ1n) is 9.58. The number of carbonyl (C=O) groups is 2. The number of amides is 2. The van der Waals surface area contributed by atoms with Crippen LogP contribution in [0.4, 0.5) is 0 Å². The standard InChI is InChI=1S/C21H29N5O2/c1-21(2,3)17(20(28)22-4)24-19(27)16-15-13-25(5)11-12-26(15)18(23-16)14-9-7-6-8-10-14/h6-10,17H,11-13H2,1-5H3,(H,22,28)(H,24,27)/t17-/m0/s1. The minimum atomic E-state index is -0.649. The lowest BCUT2D eigenvalue weighted by atomic mass is 9.86. The second kappa shape index (κ2) is 7.75. The fourth-order valence-corrected chi connectivity index (χ4v) is 3.50. The molecule has 2 N–H and O–H groups in total. The van der Waals surface area contributed by atoms with Crippen molar-refractivity contribution in [3.05, 3.63) is 41.7 Å². The molecule has 0 spiro atoms. The molecule has 7 nitrogen and oxygen atoms in total. The topological polar surface area (TPSA) is 79.3 Å². The van der Waals surface area contributed by atoms with Gasteiger partial charge in [-0.15, -0.1) is 0 Å². The molecule has 3 rings (SSSR count). The predicted molar refractivity (Wildman–Crippen MR) is 109 cm³/mol. The van der Waals surface area contributed by atoms with Crippen LogP contribution in [-0.2, 0) is 17.9 Å². The molecule has 0 saturated carbocycles. The van der Waals surface area contributed by atoms with E-state index in [4.69, 9.17) is 4.98 Å². The van der Waals surface area contributed by atoms with Crippen molar-refractivity contribution in [1.82, 2.24) is 25.1 Å². The lowest BCUT2D eigenvalue weighted by molar-refractivity contribution is -0.124. The van der Waals surface area contributed by atoms with Crippen molar-refractivity contribution < 1.29 is 9.59 Å². The van der Waals surface area contributed by atoms with Crippen LogP contribution >= 0.6 is 0 Å². The highest BCUT2D eigenvalue weighted by atomic mass is 16.2. The van der Waals surface area contributed by atoms with Crippen molar-refractivity contribution in [2.45, 2.75) is 39.9 Å². The molecule has 0 saturated heterocycles. The van der Waals surface area contributed by atoms with Crippen molar-refractivity contribution in [2.24, 2.45) is 5.41 Å². The first-order valence-corrected chi connectivity index (χ1v) is 9.58. The van der Waals surface area contributed by atoms with Crippen molar-refractivity contribution in [3.63, 3.8) is 0 Å². The van der Waals surface area contributed by atoms with Gasteiger partial charge in [0.1, 0.15) is 11.9 Å². The highest BCUT2D eigenvalue weighted by molar-refractivity contribution is 5.97. The Bertz CT molecular complexity index is 867. The summed E-state index contributed by atoms with van der Waals surface area (Å²) in [4.78, 5) is 32.4. The number of nitrogens with one attached hydrogen (secondary N) is 2. The number of likely N-dealkylation sites (N-methyl/N-ethyl adjacent to an activating group) is 2.